The summed E-state index contributed by atoms with van der Waals surface area (Å²) < 4.78 is 0. The average Bonchev–Trinajstić information content (AvgIpc) is 2.26. The number of carboxylic acids is 1. The summed E-state index contributed by atoms with van der Waals surface area (Å²) in [5.74, 6) is -0.694. The van der Waals surface area contributed by atoms with Gasteiger partial charge in [-0.1, -0.05) is 19.8 Å². The smallest absolute Gasteiger partial charge is 0.323 e. The molecule has 0 aromatic heterocycles. The number of carbonyl (C=O) groups is 1. The lowest BCUT2D eigenvalue weighted by Crippen LogP contribution is -2.57. The Labute approximate surface area is 91.4 Å². The van der Waals surface area contributed by atoms with E-state index in [1.807, 2.05) is 0 Å². The summed E-state index contributed by atoms with van der Waals surface area (Å²) in [6.07, 6.45) is 4.78. The van der Waals surface area contributed by atoms with Crippen LogP contribution in [-0.2, 0) is 4.79 Å². The molecular formula is C11H22N2O2. The maximum Gasteiger partial charge on any atom is 0.323 e. The Morgan fingerprint density at radius 3 is 2.60 bits per heavy atom. The van der Waals surface area contributed by atoms with E-state index in [4.69, 9.17) is 0 Å². The SMILES string of the molecule is CCCCCNC1(C(=O)O)CCNCC1. The Kier molecular flexibility index (Phi) is 5.05. The molecule has 3 N–H and O–H groups in total. The molecule has 0 radical (unpaired) electrons. The third kappa shape index (κ3) is 3.47. The normalized spacial score (nSPS) is 20.1. The van der Waals surface area contributed by atoms with Gasteiger partial charge in [-0.2, -0.15) is 0 Å². The molecule has 1 aliphatic rings. The Morgan fingerprint density at radius 1 is 1.40 bits per heavy atom. The molecule has 0 unspecified atom stereocenters. The van der Waals surface area contributed by atoms with Gasteiger partial charge in [-0.15, -0.1) is 0 Å². The zero-order valence-corrected chi connectivity index (χ0v) is 9.51. The third-order valence-corrected chi connectivity index (χ3v) is 3.11. The topological polar surface area (TPSA) is 61.4 Å². The molecule has 1 saturated heterocycles. The molecule has 4 nitrogen and oxygen atoms in total. The molecule has 88 valence electrons. The summed E-state index contributed by atoms with van der Waals surface area (Å²) in [6, 6.07) is 0. The first-order valence-corrected chi connectivity index (χ1v) is 5.90. The highest BCUT2D eigenvalue weighted by Gasteiger charge is 2.38. The number of rotatable bonds is 6. The first kappa shape index (κ1) is 12.5. The van der Waals surface area contributed by atoms with Crippen LogP contribution < -0.4 is 10.6 Å². The van der Waals surface area contributed by atoms with Crippen molar-refractivity contribution in [3.05, 3.63) is 0 Å². The zero-order valence-electron chi connectivity index (χ0n) is 9.51. The van der Waals surface area contributed by atoms with Gasteiger partial charge in [-0.3, -0.25) is 4.79 Å². The summed E-state index contributed by atoms with van der Waals surface area (Å²) >= 11 is 0. The van der Waals surface area contributed by atoms with E-state index in [0.717, 1.165) is 26.1 Å². The van der Waals surface area contributed by atoms with Crippen molar-refractivity contribution in [2.24, 2.45) is 0 Å². The van der Waals surface area contributed by atoms with Crippen molar-refractivity contribution in [1.82, 2.24) is 10.6 Å². The lowest BCUT2D eigenvalue weighted by Gasteiger charge is -2.34. The van der Waals surface area contributed by atoms with E-state index in [9.17, 15) is 9.90 Å². The molecule has 1 aliphatic heterocycles. The van der Waals surface area contributed by atoms with Crippen molar-refractivity contribution in [2.75, 3.05) is 19.6 Å². The highest BCUT2D eigenvalue weighted by atomic mass is 16.4. The van der Waals surface area contributed by atoms with Gasteiger partial charge in [0, 0.05) is 0 Å². The average molecular weight is 214 g/mol. The van der Waals surface area contributed by atoms with Crippen molar-refractivity contribution in [1.29, 1.82) is 0 Å². The lowest BCUT2D eigenvalue weighted by atomic mass is 9.88. The minimum absolute atomic E-state index is 0.668. The number of hydrogen-bond donors (Lipinski definition) is 3. The summed E-state index contributed by atoms with van der Waals surface area (Å²) in [5, 5.41) is 15.7. The van der Waals surface area contributed by atoms with E-state index in [2.05, 4.69) is 17.6 Å². The fourth-order valence-corrected chi connectivity index (χ4v) is 2.02. The summed E-state index contributed by atoms with van der Waals surface area (Å²) in [6.45, 7) is 4.57. The molecule has 0 aromatic carbocycles. The van der Waals surface area contributed by atoms with Crippen LogP contribution in [-0.4, -0.2) is 36.2 Å². The standard InChI is InChI=1S/C11H22N2O2/c1-2-3-4-7-13-11(10(14)15)5-8-12-9-6-11/h12-13H,2-9H2,1H3,(H,14,15). The maximum absolute atomic E-state index is 11.2. The van der Waals surface area contributed by atoms with Gasteiger partial charge >= 0.3 is 5.97 Å². The van der Waals surface area contributed by atoms with E-state index in [0.29, 0.717) is 12.8 Å². The monoisotopic (exact) mass is 214 g/mol. The maximum atomic E-state index is 11.2. The molecule has 4 heteroatoms. The molecular weight excluding hydrogens is 192 g/mol. The van der Waals surface area contributed by atoms with Crippen LogP contribution in [0.25, 0.3) is 0 Å². The fourth-order valence-electron chi connectivity index (χ4n) is 2.02. The van der Waals surface area contributed by atoms with E-state index in [1.165, 1.54) is 12.8 Å². The molecule has 15 heavy (non-hydrogen) atoms. The van der Waals surface area contributed by atoms with Crippen molar-refractivity contribution >= 4 is 5.97 Å². The van der Waals surface area contributed by atoms with Gasteiger partial charge in [-0.25, -0.2) is 0 Å². The molecule has 1 heterocycles. The second-order valence-corrected chi connectivity index (χ2v) is 4.27. The Bertz CT molecular complexity index is 201. The van der Waals surface area contributed by atoms with Gasteiger partial charge in [0.15, 0.2) is 0 Å². The number of carboxylic acid groups (broad SMARTS) is 1. The van der Waals surface area contributed by atoms with Crippen LogP contribution in [0, 0.1) is 0 Å². The first-order valence-electron chi connectivity index (χ1n) is 5.90. The van der Waals surface area contributed by atoms with Gasteiger partial charge in [-0.05, 0) is 38.9 Å². The van der Waals surface area contributed by atoms with Gasteiger partial charge in [0.2, 0.25) is 0 Å². The summed E-state index contributed by atoms with van der Waals surface area (Å²) in [4.78, 5) is 11.2. The highest BCUT2D eigenvalue weighted by Crippen LogP contribution is 2.18. The van der Waals surface area contributed by atoms with E-state index in [-0.39, 0.29) is 0 Å². The summed E-state index contributed by atoms with van der Waals surface area (Å²) in [5.41, 5.74) is -0.668. The second-order valence-electron chi connectivity index (χ2n) is 4.27. The predicted octanol–water partition coefficient (Wildman–Crippen LogP) is 0.973. The van der Waals surface area contributed by atoms with Crippen LogP contribution in [0.5, 0.6) is 0 Å². The van der Waals surface area contributed by atoms with Crippen LogP contribution in [0.1, 0.15) is 39.0 Å². The van der Waals surface area contributed by atoms with Crippen molar-refractivity contribution in [3.8, 4) is 0 Å². The number of unbranched alkanes of at least 4 members (excludes halogenated alkanes) is 2. The Morgan fingerprint density at radius 2 is 2.07 bits per heavy atom. The van der Waals surface area contributed by atoms with E-state index < -0.39 is 11.5 Å². The van der Waals surface area contributed by atoms with Crippen LogP contribution in [0.2, 0.25) is 0 Å². The van der Waals surface area contributed by atoms with Crippen molar-refractivity contribution < 1.29 is 9.90 Å². The molecule has 0 amide bonds. The summed E-state index contributed by atoms with van der Waals surface area (Å²) in [7, 11) is 0. The number of piperidine rings is 1. The van der Waals surface area contributed by atoms with Crippen LogP contribution >= 0.6 is 0 Å². The predicted molar refractivity (Wildman–Crippen MR) is 60.0 cm³/mol. The van der Waals surface area contributed by atoms with Crippen molar-refractivity contribution in [2.45, 2.75) is 44.6 Å². The molecule has 0 bridgehead atoms. The van der Waals surface area contributed by atoms with Gasteiger partial charge in [0.05, 0.1) is 0 Å². The molecule has 1 rings (SSSR count). The van der Waals surface area contributed by atoms with E-state index in [1.54, 1.807) is 0 Å². The second kappa shape index (κ2) is 6.08. The highest BCUT2D eigenvalue weighted by molar-refractivity contribution is 5.79. The van der Waals surface area contributed by atoms with Gasteiger partial charge in [0.25, 0.3) is 0 Å². The lowest BCUT2D eigenvalue weighted by molar-refractivity contribution is -0.146. The van der Waals surface area contributed by atoms with Crippen LogP contribution in [0.15, 0.2) is 0 Å². The van der Waals surface area contributed by atoms with E-state index >= 15 is 0 Å². The van der Waals surface area contributed by atoms with Crippen LogP contribution in [0.3, 0.4) is 0 Å². The van der Waals surface area contributed by atoms with Crippen LogP contribution in [0.4, 0.5) is 0 Å². The molecule has 0 aliphatic carbocycles. The van der Waals surface area contributed by atoms with Crippen molar-refractivity contribution in [3.63, 3.8) is 0 Å². The Balaban J connectivity index is 2.39. The number of aliphatic carboxylic acids is 1. The van der Waals surface area contributed by atoms with Gasteiger partial charge < -0.3 is 15.7 Å². The van der Waals surface area contributed by atoms with Gasteiger partial charge in [0.1, 0.15) is 5.54 Å². The molecule has 0 aromatic rings. The third-order valence-electron chi connectivity index (χ3n) is 3.11. The molecule has 1 fully saturated rings. The minimum atomic E-state index is -0.694. The molecule has 0 saturated carbocycles. The molecule has 0 spiro atoms. The quantitative estimate of drug-likeness (QED) is 0.577. The largest absolute Gasteiger partial charge is 0.480 e. The number of nitrogens with one attached hydrogen (secondary N) is 2. The fraction of sp³-hybridized carbons (Fsp3) is 0.909. The molecule has 0 atom stereocenters. The minimum Gasteiger partial charge on any atom is -0.480 e. The zero-order chi connectivity index (χ0) is 11.1. The first-order chi connectivity index (χ1) is 7.21. The number of hydrogen-bond acceptors (Lipinski definition) is 3. The Hall–Kier alpha value is -0.610.